The molecule has 0 amide bonds. The van der Waals surface area contributed by atoms with Crippen molar-refractivity contribution in [3.8, 4) is 0 Å². The standard InChI is InChI=1S/C17H13Cl3F3NO3/c1-24-8-9(15(26)27-2)7-11(14(25)16(18,19)20)13(24)10-5-3-4-6-12(10)17(21,22)23/h3-8,13H,1-2H3. The molecule has 0 saturated carbocycles. The second-order valence-corrected chi connectivity index (χ2v) is 7.94. The van der Waals surface area contributed by atoms with E-state index in [9.17, 15) is 22.8 Å². The van der Waals surface area contributed by atoms with E-state index in [1.165, 1.54) is 36.3 Å². The van der Waals surface area contributed by atoms with Crippen molar-refractivity contribution in [1.82, 2.24) is 4.90 Å². The number of carbonyl (C=O) groups excluding carboxylic acids is 2. The maximum absolute atomic E-state index is 13.5. The van der Waals surface area contributed by atoms with E-state index in [0.29, 0.717) is 0 Å². The first-order valence-corrected chi connectivity index (χ1v) is 8.52. The molecule has 1 aromatic carbocycles. The van der Waals surface area contributed by atoms with Crippen LogP contribution in [0.1, 0.15) is 17.2 Å². The Morgan fingerprint density at radius 1 is 1.15 bits per heavy atom. The number of nitrogens with zero attached hydrogens (tertiary/aromatic N) is 1. The largest absolute Gasteiger partial charge is 0.465 e. The minimum atomic E-state index is -4.67. The minimum absolute atomic E-state index is 0.0710. The van der Waals surface area contributed by atoms with Gasteiger partial charge in [-0.2, -0.15) is 13.2 Å². The molecule has 0 N–H and O–H groups in total. The number of likely N-dealkylation sites (N-methyl/N-ethyl adjacent to an activating group) is 1. The van der Waals surface area contributed by atoms with Gasteiger partial charge in [0.2, 0.25) is 5.78 Å². The number of Topliss-reactive ketones (excluding diaryl/α,β-unsaturated/α-hetero) is 1. The van der Waals surface area contributed by atoms with Crippen molar-refractivity contribution < 1.29 is 27.5 Å². The lowest BCUT2D eigenvalue weighted by Crippen LogP contribution is -2.35. The van der Waals surface area contributed by atoms with Gasteiger partial charge in [-0.15, -0.1) is 0 Å². The Morgan fingerprint density at radius 3 is 2.26 bits per heavy atom. The number of ketones is 1. The van der Waals surface area contributed by atoms with Gasteiger partial charge in [-0.05, 0) is 17.7 Å². The van der Waals surface area contributed by atoms with Crippen LogP contribution in [0.25, 0.3) is 0 Å². The molecule has 27 heavy (non-hydrogen) atoms. The molecule has 1 atom stereocenters. The van der Waals surface area contributed by atoms with Gasteiger partial charge in [-0.1, -0.05) is 53.0 Å². The Balaban J connectivity index is 2.69. The van der Waals surface area contributed by atoms with Crippen molar-refractivity contribution in [2.24, 2.45) is 0 Å². The van der Waals surface area contributed by atoms with Crippen molar-refractivity contribution in [3.63, 3.8) is 0 Å². The fourth-order valence-corrected chi connectivity index (χ4v) is 3.09. The van der Waals surface area contributed by atoms with Gasteiger partial charge in [0.05, 0.1) is 24.3 Å². The predicted octanol–water partition coefficient (Wildman–Crippen LogP) is 4.61. The lowest BCUT2D eigenvalue weighted by molar-refractivity contribution is -0.139. The molecule has 0 aliphatic carbocycles. The van der Waals surface area contributed by atoms with E-state index in [1.807, 2.05) is 0 Å². The summed E-state index contributed by atoms with van der Waals surface area (Å²) in [6.07, 6.45) is -2.33. The predicted molar refractivity (Wildman–Crippen MR) is 95.4 cm³/mol. The first kappa shape index (κ1) is 21.6. The summed E-state index contributed by atoms with van der Waals surface area (Å²) < 4.78 is 42.6. The molecule has 0 saturated heterocycles. The highest BCUT2D eigenvalue weighted by Gasteiger charge is 2.43. The molecule has 10 heteroatoms. The Hall–Kier alpha value is -1.70. The molecule has 2 rings (SSSR count). The van der Waals surface area contributed by atoms with Crippen LogP contribution >= 0.6 is 34.8 Å². The third-order valence-corrected chi connectivity index (χ3v) is 4.37. The van der Waals surface area contributed by atoms with Gasteiger partial charge < -0.3 is 9.64 Å². The summed E-state index contributed by atoms with van der Waals surface area (Å²) >= 11 is 17.0. The Morgan fingerprint density at radius 2 is 1.74 bits per heavy atom. The maximum atomic E-state index is 13.5. The Bertz CT molecular complexity index is 829. The summed E-state index contributed by atoms with van der Waals surface area (Å²) in [6, 6.07) is 3.51. The summed E-state index contributed by atoms with van der Waals surface area (Å²) in [5.74, 6) is -1.84. The number of ether oxygens (including phenoxy) is 1. The van der Waals surface area contributed by atoms with Crippen LogP contribution in [0.2, 0.25) is 0 Å². The van der Waals surface area contributed by atoms with Crippen LogP contribution in [0.5, 0.6) is 0 Å². The van der Waals surface area contributed by atoms with E-state index in [1.54, 1.807) is 0 Å². The van der Waals surface area contributed by atoms with Crippen LogP contribution in [-0.2, 0) is 20.5 Å². The number of halogens is 6. The number of hydrogen-bond donors (Lipinski definition) is 0. The molecule has 0 spiro atoms. The van der Waals surface area contributed by atoms with Crippen molar-refractivity contribution >= 4 is 46.6 Å². The molecule has 1 aromatic rings. The van der Waals surface area contributed by atoms with E-state index in [2.05, 4.69) is 4.74 Å². The first-order chi connectivity index (χ1) is 12.4. The lowest BCUT2D eigenvalue weighted by Gasteiger charge is -2.35. The van der Waals surface area contributed by atoms with Gasteiger partial charge in [0.1, 0.15) is 0 Å². The summed E-state index contributed by atoms with van der Waals surface area (Å²) in [5, 5.41) is 0. The quantitative estimate of drug-likeness (QED) is 0.506. The van der Waals surface area contributed by atoms with Crippen LogP contribution in [-0.4, -0.2) is 34.6 Å². The van der Waals surface area contributed by atoms with E-state index in [0.717, 1.165) is 19.3 Å². The average Bonchev–Trinajstić information content (AvgIpc) is 2.58. The van der Waals surface area contributed by atoms with Crippen LogP contribution < -0.4 is 0 Å². The fourth-order valence-electron chi connectivity index (χ4n) is 2.76. The summed E-state index contributed by atoms with van der Waals surface area (Å²) in [5.41, 5.74) is -1.52. The van der Waals surface area contributed by atoms with Gasteiger partial charge in [0.15, 0.2) is 0 Å². The number of methoxy groups -OCH3 is 1. The number of rotatable bonds is 3. The average molecular weight is 443 g/mol. The highest BCUT2D eigenvalue weighted by Crippen LogP contribution is 2.43. The van der Waals surface area contributed by atoms with Gasteiger partial charge in [-0.3, -0.25) is 4.79 Å². The van der Waals surface area contributed by atoms with Crippen molar-refractivity contribution in [3.05, 3.63) is 58.8 Å². The zero-order valence-electron chi connectivity index (χ0n) is 14.0. The van der Waals surface area contributed by atoms with Gasteiger partial charge >= 0.3 is 12.1 Å². The smallest absolute Gasteiger partial charge is 0.416 e. The molecule has 0 fully saturated rings. The third-order valence-electron chi connectivity index (χ3n) is 3.86. The van der Waals surface area contributed by atoms with Crippen molar-refractivity contribution in [2.75, 3.05) is 14.2 Å². The van der Waals surface area contributed by atoms with Crippen molar-refractivity contribution in [1.29, 1.82) is 0 Å². The number of esters is 1. The minimum Gasteiger partial charge on any atom is -0.465 e. The molecule has 0 radical (unpaired) electrons. The molecule has 1 aliphatic heterocycles. The van der Waals surface area contributed by atoms with Crippen LogP contribution in [0.4, 0.5) is 13.2 Å². The highest BCUT2D eigenvalue weighted by molar-refractivity contribution is 6.77. The normalized spacial score (nSPS) is 17.9. The molecule has 4 nitrogen and oxygen atoms in total. The number of alkyl halides is 6. The molecule has 1 heterocycles. The number of benzene rings is 1. The lowest BCUT2D eigenvalue weighted by atomic mass is 9.88. The van der Waals surface area contributed by atoms with Crippen LogP contribution in [0.3, 0.4) is 0 Å². The Kier molecular flexibility index (Phi) is 6.19. The van der Waals surface area contributed by atoms with Crippen LogP contribution in [0.15, 0.2) is 47.7 Å². The summed E-state index contributed by atoms with van der Waals surface area (Å²) in [4.78, 5) is 25.7. The first-order valence-electron chi connectivity index (χ1n) is 7.39. The van der Waals surface area contributed by atoms with Crippen LogP contribution in [0, 0.1) is 0 Å². The highest BCUT2D eigenvalue weighted by atomic mass is 35.6. The topological polar surface area (TPSA) is 46.6 Å². The van der Waals surface area contributed by atoms with E-state index < -0.39 is 33.3 Å². The number of carbonyl (C=O) groups is 2. The molecular formula is C17H13Cl3F3NO3. The van der Waals surface area contributed by atoms with Crippen molar-refractivity contribution in [2.45, 2.75) is 16.0 Å². The summed E-state index contributed by atoms with van der Waals surface area (Å²) in [6.45, 7) is 0. The van der Waals surface area contributed by atoms with Gasteiger partial charge in [-0.25, -0.2) is 4.79 Å². The Labute approximate surface area is 168 Å². The molecule has 0 aromatic heterocycles. The maximum Gasteiger partial charge on any atom is 0.416 e. The third kappa shape index (κ3) is 4.59. The monoisotopic (exact) mass is 441 g/mol. The molecule has 0 bridgehead atoms. The molecular weight excluding hydrogens is 430 g/mol. The van der Waals surface area contributed by atoms with E-state index in [-0.39, 0.29) is 16.7 Å². The van der Waals surface area contributed by atoms with E-state index in [4.69, 9.17) is 34.8 Å². The van der Waals surface area contributed by atoms with E-state index >= 15 is 0 Å². The molecule has 146 valence electrons. The summed E-state index contributed by atoms with van der Waals surface area (Å²) in [7, 11) is 2.53. The fraction of sp³-hybridized carbons (Fsp3) is 0.294. The van der Waals surface area contributed by atoms with Gasteiger partial charge in [0.25, 0.3) is 3.79 Å². The second-order valence-electron chi connectivity index (χ2n) is 5.66. The molecule has 1 aliphatic rings. The number of hydrogen-bond acceptors (Lipinski definition) is 4. The zero-order chi connectivity index (χ0) is 20.6. The second kappa shape index (κ2) is 7.73. The van der Waals surface area contributed by atoms with Gasteiger partial charge in [0, 0.05) is 18.8 Å². The zero-order valence-corrected chi connectivity index (χ0v) is 16.2. The SMILES string of the molecule is COC(=O)C1=CN(C)C(c2ccccc2C(F)(F)F)C(C(=O)C(Cl)(Cl)Cl)=C1. The molecule has 1 unspecified atom stereocenters.